The molecule has 0 aliphatic heterocycles. The van der Waals surface area contributed by atoms with Gasteiger partial charge in [0.2, 0.25) is 0 Å². The van der Waals surface area contributed by atoms with Crippen molar-refractivity contribution in [3.63, 3.8) is 0 Å². The van der Waals surface area contributed by atoms with E-state index in [2.05, 4.69) is 5.21 Å². The Kier molecular flexibility index (Phi) is 6.98. The fraction of sp³-hybridized carbons (Fsp3) is 0.125. The smallest absolute Gasteiger partial charge is 0.117 e. The monoisotopic (exact) mass is 522 g/mol. The first kappa shape index (κ1) is 21.6. The number of nitrogens with zero attached hydrogens (tertiary/aromatic N) is 3. The first-order valence-electron chi connectivity index (χ1n) is 7.23. The number of halogens is 8. The molecule has 1 heterocycles. The van der Waals surface area contributed by atoms with Crippen LogP contribution in [0.25, 0.3) is 11.4 Å². The number of benzene rings is 2. The lowest BCUT2D eigenvalue weighted by Gasteiger charge is -2.04. The van der Waals surface area contributed by atoms with Crippen LogP contribution in [0.3, 0.4) is 0 Å². The van der Waals surface area contributed by atoms with Crippen LogP contribution in [0.4, 0.5) is 0 Å². The van der Waals surface area contributed by atoms with E-state index in [9.17, 15) is 0 Å². The largest absolute Gasteiger partial charge is 0.194 e. The van der Waals surface area contributed by atoms with E-state index in [0.717, 1.165) is 0 Å². The third-order valence-electron chi connectivity index (χ3n) is 3.66. The van der Waals surface area contributed by atoms with Crippen LogP contribution in [-0.2, 0) is 11.8 Å². The van der Waals surface area contributed by atoms with Crippen LogP contribution in [0.15, 0.2) is 24.3 Å². The highest BCUT2D eigenvalue weighted by Gasteiger charge is 2.32. The average Bonchev–Trinajstić information content (AvgIpc) is 2.90. The SMILES string of the molecule is ClCc1c(CCl)[n+](-c2c(Cl)cc(Cl)cc2Cl)nn1-c1c(Cl)cc(Cl)cc1Cl. The van der Waals surface area contributed by atoms with Crippen LogP contribution >= 0.6 is 92.8 Å². The molecule has 2 aromatic carbocycles. The lowest BCUT2D eigenvalue weighted by atomic mass is 10.2. The van der Waals surface area contributed by atoms with Crippen molar-refractivity contribution in [3.8, 4) is 11.4 Å². The van der Waals surface area contributed by atoms with Gasteiger partial charge in [-0.05, 0) is 24.3 Å². The molecule has 0 amide bonds. The molecule has 0 radical (unpaired) electrons. The highest BCUT2D eigenvalue weighted by molar-refractivity contribution is 6.41. The van der Waals surface area contributed by atoms with Crippen molar-refractivity contribution in [1.82, 2.24) is 9.90 Å². The Balaban J connectivity index is 2.35. The van der Waals surface area contributed by atoms with Gasteiger partial charge in [-0.3, -0.25) is 0 Å². The van der Waals surface area contributed by atoms with E-state index in [4.69, 9.17) is 92.8 Å². The molecule has 0 saturated heterocycles. The lowest BCUT2D eigenvalue weighted by molar-refractivity contribution is -0.667. The second-order valence-corrected chi connectivity index (χ2v) is 8.35. The van der Waals surface area contributed by atoms with Crippen molar-refractivity contribution in [2.45, 2.75) is 11.8 Å². The first-order valence-corrected chi connectivity index (χ1v) is 10.6. The van der Waals surface area contributed by atoms with Gasteiger partial charge in [0, 0.05) is 10.0 Å². The van der Waals surface area contributed by atoms with Crippen molar-refractivity contribution in [3.05, 3.63) is 65.8 Å². The van der Waals surface area contributed by atoms with Crippen LogP contribution in [0.2, 0.25) is 30.1 Å². The highest BCUT2D eigenvalue weighted by atomic mass is 35.5. The van der Waals surface area contributed by atoms with E-state index in [1.54, 1.807) is 24.3 Å². The summed E-state index contributed by atoms with van der Waals surface area (Å²) in [5.74, 6) is 0.167. The van der Waals surface area contributed by atoms with Gasteiger partial charge in [-0.25, -0.2) is 0 Å². The van der Waals surface area contributed by atoms with Gasteiger partial charge in [0.25, 0.3) is 0 Å². The molecule has 0 bridgehead atoms. The van der Waals surface area contributed by atoms with E-state index in [1.807, 2.05) is 0 Å². The van der Waals surface area contributed by atoms with Gasteiger partial charge in [0.15, 0.2) is 22.8 Å². The molecule has 0 saturated carbocycles. The molecule has 3 nitrogen and oxygen atoms in total. The summed E-state index contributed by atoms with van der Waals surface area (Å²) >= 11 is 49.7. The van der Waals surface area contributed by atoms with Crippen LogP contribution in [-0.4, -0.2) is 9.90 Å². The average molecular weight is 526 g/mol. The Morgan fingerprint density at radius 2 is 1.22 bits per heavy atom. The Labute approximate surface area is 195 Å². The van der Waals surface area contributed by atoms with Crippen molar-refractivity contribution >= 4 is 92.8 Å². The molecule has 0 unspecified atom stereocenters. The second kappa shape index (κ2) is 8.73. The molecule has 3 rings (SSSR count). The Hall–Kier alpha value is -0.100. The standard InChI is InChI=1S/C16H8Cl8N3/c17-5-13-14(6-18)27(16-11(23)3-8(20)4-12(16)24)25-26(13)15-9(21)1-7(19)2-10(15)22/h1-4H,5-6H2/q+1. The molecule has 0 N–H and O–H groups in total. The highest BCUT2D eigenvalue weighted by Crippen LogP contribution is 2.34. The zero-order valence-electron chi connectivity index (χ0n) is 13.1. The minimum Gasteiger partial charge on any atom is -0.117 e. The van der Waals surface area contributed by atoms with Crippen LogP contribution in [0.1, 0.15) is 11.4 Å². The maximum absolute atomic E-state index is 6.35. The van der Waals surface area contributed by atoms with E-state index < -0.39 is 0 Å². The summed E-state index contributed by atoms with van der Waals surface area (Å²) in [4.78, 5) is 0. The summed E-state index contributed by atoms with van der Waals surface area (Å²) in [6.07, 6.45) is 0. The van der Waals surface area contributed by atoms with Gasteiger partial charge in [0.1, 0.15) is 5.21 Å². The minimum absolute atomic E-state index is 0.0835. The van der Waals surface area contributed by atoms with E-state index in [1.165, 1.54) is 9.36 Å². The molecule has 0 fully saturated rings. The zero-order valence-corrected chi connectivity index (χ0v) is 19.1. The third kappa shape index (κ3) is 4.12. The minimum atomic E-state index is 0.0835. The quantitative estimate of drug-likeness (QED) is 0.255. The Bertz CT molecular complexity index is 905. The Morgan fingerprint density at radius 1 is 0.741 bits per heavy atom. The molecule has 0 aliphatic carbocycles. The van der Waals surface area contributed by atoms with Crippen LogP contribution < -0.4 is 4.68 Å². The summed E-state index contributed by atoms with van der Waals surface area (Å²) < 4.78 is 2.99. The van der Waals surface area contributed by atoms with Gasteiger partial charge in [-0.1, -0.05) is 79.0 Å². The molecule has 27 heavy (non-hydrogen) atoms. The molecule has 0 aliphatic rings. The molecule has 0 atom stereocenters. The molecule has 11 heteroatoms. The number of aromatic nitrogens is 3. The molecular formula is C16H8Cl8N3+. The molecule has 3 aromatic rings. The normalized spacial score (nSPS) is 11.3. The summed E-state index contributed by atoms with van der Waals surface area (Å²) in [5.41, 5.74) is 1.95. The molecule has 0 spiro atoms. The van der Waals surface area contributed by atoms with E-state index in [0.29, 0.717) is 52.9 Å². The molecular weight excluding hydrogens is 518 g/mol. The fourth-order valence-electron chi connectivity index (χ4n) is 2.54. The summed E-state index contributed by atoms with van der Waals surface area (Å²) in [6, 6.07) is 6.21. The van der Waals surface area contributed by atoms with Gasteiger partial charge in [0.05, 0.1) is 31.9 Å². The van der Waals surface area contributed by atoms with Gasteiger partial charge in [-0.2, -0.15) is 0 Å². The maximum atomic E-state index is 6.35. The topological polar surface area (TPSA) is 21.7 Å². The molecule has 142 valence electrons. The van der Waals surface area contributed by atoms with Gasteiger partial charge >= 0.3 is 0 Å². The number of alkyl halides is 2. The van der Waals surface area contributed by atoms with Crippen molar-refractivity contribution in [1.29, 1.82) is 0 Å². The summed E-state index contributed by atoms with van der Waals surface area (Å²) in [6.45, 7) is 0. The number of hydrogen-bond acceptors (Lipinski definition) is 1. The predicted molar refractivity (Wildman–Crippen MR) is 114 cm³/mol. The van der Waals surface area contributed by atoms with Crippen LogP contribution in [0.5, 0.6) is 0 Å². The number of hydrogen-bond donors (Lipinski definition) is 0. The van der Waals surface area contributed by atoms with Crippen LogP contribution in [0, 0.1) is 0 Å². The maximum Gasteiger partial charge on any atom is 0.194 e. The predicted octanol–water partition coefficient (Wildman–Crippen LogP) is 7.55. The summed E-state index contributed by atoms with van der Waals surface area (Å²) in [5, 5.41) is 6.50. The number of rotatable bonds is 4. The molecule has 1 aromatic heterocycles. The fourth-order valence-corrected chi connectivity index (χ4v) is 5.03. The zero-order chi connectivity index (χ0) is 19.9. The van der Waals surface area contributed by atoms with E-state index >= 15 is 0 Å². The van der Waals surface area contributed by atoms with Gasteiger partial charge < -0.3 is 0 Å². The lowest BCUT2D eigenvalue weighted by Crippen LogP contribution is -2.38. The van der Waals surface area contributed by atoms with E-state index in [-0.39, 0.29) is 11.8 Å². The van der Waals surface area contributed by atoms with Crippen molar-refractivity contribution < 1.29 is 4.68 Å². The third-order valence-corrected chi connectivity index (χ3v) is 5.76. The summed E-state index contributed by atoms with van der Waals surface area (Å²) in [7, 11) is 0. The Morgan fingerprint density at radius 3 is 1.67 bits per heavy atom. The van der Waals surface area contributed by atoms with Crippen molar-refractivity contribution in [2.24, 2.45) is 0 Å². The van der Waals surface area contributed by atoms with Gasteiger partial charge in [-0.15, -0.1) is 23.2 Å². The van der Waals surface area contributed by atoms with Crippen molar-refractivity contribution in [2.75, 3.05) is 0 Å². The first-order chi connectivity index (χ1) is 12.8. The second-order valence-electron chi connectivity index (χ2n) is 5.31.